The normalized spacial score (nSPS) is 33.7. The fraction of sp³-hybridized carbons (Fsp3) is 0.737. The van der Waals surface area contributed by atoms with Crippen molar-refractivity contribution in [3.8, 4) is 0 Å². The third kappa shape index (κ3) is 3.36. The van der Waals surface area contributed by atoms with E-state index in [-0.39, 0.29) is 35.1 Å². The van der Waals surface area contributed by atoms with E-state index in [1.165, 1.54) is 0 Å². The summed E-state index contributed by atoms with van der Waals surface area (Å²) in [5.74, 6) is 0.324. The van der Waals surface area contributed by atoms with Crippen LogP contribution < -0.4 is 0 Å². The Kier molecular flexibility index (Phi) is 5.29. The molecule has 2 saturated carbocycles. The molecule has 0 spiro atoms. The minimum absolute atomic E-state index is 0.0229. The van der Waals surface area contributed by atoms with E-state index in [0.717, 1.165) is 12.8 Å². The van der Waals surface area contributed by atoms with Gasteiger partial charge in [0, 0.05) is 11.8 Å². The van der Waals surface area contributed by atoms with Crippen molar-refractivity contribution in [1.82, 2.24) is 0 Å². The third-order valence-electron chi connectivity index (χ3n) is 5.63. The molecule has 3 heteroatoms. The van der Waals surface area contributed by atoms with E-state index >= 15 is 0 Å². The Hall–Kier alpha value is -0.930. The van der Waals surface area contributed by atoms with Crippen molar-refractivity contribution in [3.63, 3.8) is 0 Å². The first-order valence-electron chi connectivity index (χ1n) is 8.52. The van der Waals surface area contributed by atoms with E-state index < -0.39 is 6.10 Å². The van der Waals surface area contributed by atoms with Crippen LogP contribution in [-0.4, -0.2) is 28.2 Å². The van der Waals surface area contributed by atoms with Gasteiger partial charge in [-0.15, -0.1) is 0 Å². The fourth-order valence-corrected chi connectivity index (χ4v) is 4.14. The highest BCUT2D eigenvalue weighted by Gasteiger charge is 2.49. The molecule has 0 aromatic rings. The molecular weight excluding hydrogens is 276 g/mol. The zero-order valence-corrected chi connectivity index (χ0v) is 14.1. The molecule has 0 bridgehead atoms. The molecule has 0 heterocycles. The predicted octanol–water partition coefficient (Wildman–Crippen LogP) is 3.26. The van der Waals surface area contributed by atoms with Crippen LogP contribution in [-0.2, 0) is 4.79 Å². The fourth-order valence-electron chi connectivity index (χ4n) is 4.14. The second kappa shape index (κ2) is 6.67. The molecule has 2 rings (SSSR count). The number of carbonyl (C=O) groups excluding carboxylic acids is 1. The summed E-state index contributed by atoms with van der Waals surface area (Å²) in [6.45, 7) is 10.2. The molecule has 5 atom stereocenters. The summed E-state index contributed by atoms with van der Waals surface area (Å²) in [5.41, 5.74) is 0.623. The van der Waals surface area contributed by atoms with Gasteiger partial charge in [0.05, 0.1) is 12.2 Å². The quantitative estimate of drug-likeness (QED) is 0.585. The smallest absolute Gasteiger partial charge is 0.161 e. The van der Waals surface area contributed by atoms with Crippen molar-refractivity contribution in [2.45, 2.75) is 65.1 Å². The Morgan fingerprint density at radius 2 is 2.14 bits per heavy atom. The molecule has 2 fully saturated rings. The Morgan fingerprint density at radius 3 is 2.77 bits per heavy atom. The largest absolute Gasteiger partial charge is 0.392 e. The van der Waals surface area contributed by atoms with Crippen LogP contribution in [0.4, 0.5) is 0 Å². The molecule has 0 aromatic heterocycles. The zero-order chi connectivity index (χ0) is 16.5. The molecular formula is C19H30O3. The molecule has 0 aromatic carbocycles. The van der Waals surface area contributed by atoms with Crippen LogP contribution in [0.3, 0.4) is 0 Å². The van der Waals surface area contributed by atoms with Gasteiger partial charge in [0.25, 0.3) is 0 Å². The average Bonchev–Trinajstić information content (AvgIpc) is 2.88. The van der Waals surface area contributed by atoms with Gasteiger partial charge in [-0.1, -0.05) is 45.9 Å². The second-order valence-corrected chi connectivity index (χ2v) is 7.74. The van der Waals surface area contributed by atoms with Crippen LogP contribution >= 0.6 is 0 Å². The Balaban J connectivity index is 1.96. The number of fused-ring (bicyclic) bond motifs is 1. The summed E-state index contributed by atoms with van der Waals surface area (Å²) in [4.78, 5) is 12.0. The maximum atomic E-state index is 12.0. The lowest BCUT2D eigenvalue weighted by Gasteiger charge is -2.29. The van der Waals surface area contributed by atoms with Crippen LogP contribution in [0.5, 0.6) is 0 Å². The first-order valence-corrected chi connectivity index (χ1v) is 8.52. The van der Waals surface area contributed by atoms with Gasteiger partial charge in [-0.05, 0) is 42.6 Å². The molecule has 124 valence electrons. The van der Waals surface area contributed by atoms with Crippen molar-refractivity contribution in [2.75, 3.05) is 0 Å². The van der Waals surface area contributed by atoms with Crippen molar-refractivity contribution < 1.29 is 15.0 Å². The molecule has 3 nitrogen and oxygen atoms in total. The summed E-state index contributed by atoms with van der Waals surface area (Å²) in [5, 5.41) is 20.5. The molecule has 0 aliphatic heterocycles. The van der Waals surface area contributed by atoms with Gasteiger partial charge in [0.15, 0.2) is 5.78 Å². The number of rotatable bonds is 6. The molecule has 1 unspecified atom stereocenters. The van der Waals surface area contributed by atoms with Crippen LogP contribution in [0.25, 0.3) is 0 Å². The van der Waals surface area contributed by atoms with E-state index in [1.807, 2.05) is 12.2 Å². The topological polar surface area (TPSA) is 57.5 Å². The summed E-state index contributed by atoms with van der Waals surface area (Å²) < 4.78 is 0. The van der Waals surface area contributed by atoms with E-state index in [0.29, 0.717) is 24.8 Å². The highest BCUT2D eigenvalue weighted by molar-refractivity contribution is 5.99. The predicted molar refractivity (Wildman–Crippen MR) is 88.3 cm³/mol. The highest BCUT2D eigenvalue weighted by atomic mass is 16.3. The van der Waals surface area contributed by atoms with Gasteiger partial charge < -0.3 is 10.2 Å². The third-order valence-corrected chi connectivity index (χ3v) is 5.63. The number of hydrogen-bond acceptors (Lipinski definition) is 3. The Morgan fingerprint density at radius 1 is 1.45 bits per heavy atom. The minimum atomic E-state index is -0.441. The maximum Gasteiger partial charge on any atom is 0.161 e. The number of hydrogen-bond donors (Lipinski definition) is 2. The number of ketones is 1. The van der Waals surface area contributed by atoms with Gasteiger partial charge in [-0.3, -0.25) is 4.79 Å². The summed E-state index contributed by atoms with van der Waals surface area (Å²) in [7, 11) is 0. The van der Waals surface area contributed by atoms with Crippen molar-refractivity contribution in [2.24, 2.45) is 23.2 Å². The molecule has 0 saturated heterocycles. The van der Waals surface area contributed by atoms with E-state index in [1.54, 1.807) is 0 Å². The second-order valence-electron chi connectivity index (χ2n) is 7.74. The van der Waals surface area contributed by atoms with Gasteiger partial charge in [-0.2, -0.15) is 0 Å². The summed E-state index contributed by atoms with van der Waals surface area (Å²) >= 11 is 0. The maximum absolute atomic E-state index is 12.0. The first-order chi connectivity index (χ1) is 10.3. The van der Waals surface area contributed by atoms with Gasteiger partial charge in [0.2, 0.25) is 0 Å². The minimum Gasteiger partial charge on any atom is -0.392 e. The first kappa shape index (κ1) is 17.4. The number of aliphatic hydroxyl groups excluding tert-OH is 2. The van der Waals surface area contributed by atoms with Crippen LogP contribution in [0.15, 0.2) is 24.3 Å². The van der Waals surface area contributed by atoms with Crippen LogP contribution in [0, 0.1) is 23.2 Å². The Bertz CT molecular complexity index is 463. The number of carbonyl (C=O) groups is 1. The number of aliphatic hydroxyl groups is 2. The summed E-state index contributed by atoms with van der Waals surface area (Å²) in [6.07, 6.45) is 7.11. The lowest BCUT2D eigenvalue weighted by molar-refractivity contribution is -0.118. The molecule has 0 amide bonds. The molecule has 2 N–H and O–H groups in total. The monoisotopic (exact) mass is 306 g/mol. The SMILES string of the molecule is C=C1C[C@H]2[C@H](/C=C/CC(O)C(C)(C)CCC)[C@H](O)C[C@@H]2C1=O. The molecule has 0 radical (unpaired) electrons. The highest BCUT2D eigenvalue weighted by Crippen LogP contribution is 2.48. The van der Waals surface area contributed by atoms with Gasteiger partial charge in [0.1, 0.15) is 0 Å². The van der Waals surface area contributed by atoms with E-state index in [4.69, 9.17) is 0 Å². The lowest BCUT2D eigenvalue weighted by Crippen LogP contribution is -2.28. The van der Waals surface area contributed by atoms with Crippen LogP contribution in [0.1, 0.15) is 52.9 Å². The number of allylic oxidation sites excluding steroid dienone is 1. The molecule has 2 aliphatic rings. The van der Waals surface area contributed by atoms with E-state index in [9.17, 15) is 15.0 Å². The van der Waals surface area contributed by atoms with Crippen molar-refractivity contribution >= 4 is 5.78 Å². The average molecular weight is 306 g/mol. The summed E-state index contributed by atoms with van der Waals surface area (Å²) in [6, 6.07) is 0. The van der Waals surface area contributed by atoms with E-state index in [2.05, 4.69) is 27.4 Å². The van der Waals surface area contributed by atoms with Gasteiger partial charge >= 0.3 is 0 Å². The lowest BCUT2D eigenvalue weighted by atomic mass is 9.80. The molecule has 2 aliphatic carbocycles. The van der Waals surface area contributed by atoms with Crippen LogP contribution in [0.2, 0.25) is 0 Å². The van der Waals surface area contributed by atoms with Gasteiger partial charge in [-0.25, -0.2) is 0 Å². The zero-order valence-electron chi connectivity index (χ0n) is 14.1. The Labute approximate surface area is 134 Å². The van der Waals surface area contributed by atoms with Crippen molar-refractivity contribution in [3.05, 3.63) is 24.3 Å². The standard InChI is InChI=1S/C19H30O3/c1-5-9-19(3,4)17(21)8-6-7-13-14-10-12(2)18(22)15(14)11-16(13)20/h6-7,13-17,20-21H,2,5,8-11H2,1,3-4H3/b7-6+/t13-,14-,15-,16+,17?/m0/s1. The van der Waals surface area contributed by atoms with Crippen molar-refractivity contribution in [1.29, 1.82) is 0 Å². The molecule has 22 heavy (non-hydrogen) atoms. The number of Topliss-reactive ketones (excluding diaryl/α,β-unsaturated/α-hetero) is 1.